The second-order valence-electron chi connectivity index (χ2n) is 6.48. The van der Waals surface area contributed by atoms with E-state index < -0.39 is 23.2 Å². The lowest BCUT2D eigenvalue weighted by molar-refractivity contribution is -0.152. The van der Waals surface area contributed by atoms with Crippen LogP contribution in [0.3, 0.4) is 0 Å². The molecule has 0 aliphatic carbocycles. The van der Waals surface area contributed by atoms with Crippen LogP contribution in [-0.2, 0) is 14.3 Å². The van der Waals surface area contributed by atoms with Crippen LogP contribution in [0, 0.1) is 11.3 Å². The van der Waals surface area contributed by atoms with Crippen LogP contribution in [0.5, 0.6) is 0 Å². The van der Waals surface area contributed by atoms with Gasteiger partial charge in [0.25, 0.3) is 5.91 Å². The third kappa shape index (κ3) is 5.72. The molecule has 30 heavy (non-hydrogen) atoms. The van der Waals surface area contributed by atoms with E-state index >= 15 is 0 Å². The van der Waals surface area contributed by atoms with Gasteiger partial charge in [0.05, 0.1) is 11.6 Å². The van der Waals surface area contributed by atoms with Gasteiger partial charge in [-0.15, -0.1) is 11.8 Å². The molecule has 1 amide bonds. The van der Waals surface area contributed by atoms with Gasteiger partial charge >= 0.3 is 5.97 Å². The van der Waals surface area contributed by atoms with E-state index in [9.17, 15) is 9.59 Å². The molecule has 0 radical (unpaired) electrons. The van der Waals surface area contributed by atoms with Crippen molar-refractivity contribution in [2.24, 2.45) is 0 Å². The van der Waals surface area contributed by atoms with Gasteiger partial charge in [0.1, 0.15) is 5.25 Å². The Balaban J connectivity index is 1.69. The van der Waals surface area contributed by atoms with Gasteiger partial charge in [-0.25, -0.2) is 0 Å². The lowest BCUT2D eigenvalue weighted by Gasteiger charge is -2.19. The first-order chi connectivity index (χ1) is 14.6. The van der Waals surface area contributed by atoms with Crippen molar-refractivity contribution in [1.29, 1.82) is 5.26 Å². The number of rotatable bonds is 7. The Morgan fingerprint density at radius 3 is 2.13 bits per heavy atom. The molecular formula is C24H20N2O3S. The molecule has 5 nitrogen and oxygen atoms in total. The molecule has 0 heterocycles. The zero-order chi connectivity index (χ0) is 21.3. The average Bonchev–Trinajstić information content (AvgIpc) is 2.79. The quantitative estimate of drug-likeness (QED) is 0.435. The maximum atomic E-state index is 12.9. The number of anilines is 1. The zero-order valence-electron chi connectivity index (χ0n) is 16.3. The fourth-order valence-corrected chi connectivity index (χ4v) is 3.71. The van der Waals surface area contributed by atoms with Crippen LogP contribution in [0.1, 0.15) is 23.3 Å². The largest absolute Gasteiger partial charge is 0.451 e. The molecule has 0 aromatic heterocycles. The molecule has 0 aliphatic rings. The number of carbonyl (C=O) groups is 2. The van der Waals surface area contributed by atoms with Gasteiger partial charge in [0.2, 0.25) is 0 Å². The lowest BCUT2D eigenvalue weighted by Crippen LogP contribution is -2.31. The first-order valence-electron chi connectivity index (χ1n) is 9.35. The molecule has 6 heteroatoms. The average molecular weight is 417 g/mol. The van der Waals surface area contributed by atoms with Gasteiger partial charge in [0.15, 0.2) is 6.10 Å². The Morgan fingerprint density at radius 1 is 0.933 bits per heavy atom. The van der Waals surface area contributed by atoms with Gasteiger partial charge in [-0.1, -0.05) is 48.5 Å². The Morgan fingerprint density at radius 2 is 1.53 bits per heavy atom. The Hall–Kier alpha value is -3.56. The van der Waals surface area contributed by atoms with E-state index in [0.29, 0.717) is 11.3 Å². The number of nitriles is 1. The second-order valence-corrected chi connectivity index (χ2v) is 7.66. The number of hydrogen-bond donors (Lipinski definition) is 1. The summed E-state index contributed by atoms with van der Waals surface area (Å²) in [5.74, 6) is -0.929. The number of benzene rings is 3. The number of esters is 1. The van der Waals surface area contributed by atoms with E-state index in [1.807, 2.05) is 66.7 Å². The molecule has 1 N–H and O–H groups in total. The summed E-state index contributed by atoms with van der Waals surface area (Å²) in [5, 5.41) is 10.9. The molecule has 0 bridgehead atoms. The number of amides is 1. The Kier molecular flexibility index (Phi) is 7.25. The van der Waals surface area contributed by atoms with Crippen LogP contribution in [0.2, 0.25) is 0 Å². The summed E-state index contributed by atoms with van der Waals surface area (Å²) in [6.45, 7) is 1.53. The summed E-state index contributed by atoms with van der Waals surface area (Å²) in [4.78, 5) is 26.3. The first kappa shape index (κ1) is 21.2. The van der Waals surface area contributed by atoms with Crippen LogP contribution in [0.15, 0.2) is 89.8 Å². The standard InChI is InChI=1S/C24H20N2O3S/c1-17(23(27)26-20-14-12-18(16-25)13-15-20)29-24(28)22(19-8-4-2-5-9-19)30-21-10-6-3-7-11-21/h2-15,17,22H,1H3,(H,26,27)/t17-,22-/m0/s1. The topological polar surface area (TPSA) is 79.2 Å². The van der Waals surface area contributed by atoms with Gasteiger partial charge in [-0.3, -0.25) is 9.59 Å². The molecule has 3 aromatic carbocycles. The number of nitrogens with zero attached hydrogens (tertiary/aromatic N) is 1. The molecular weight excluding hydrogens is 396 g/mol. The highest BCUT2D eigenvalue weighted by molar-refractivity contribution is 8.00. The molecule has 0 spiro atoms. The fraction of sp³-hybridized carbons (Fsp3) is 0.125. The molecule has 0 saturated carbocycles. The van der Waals surface area contributed by atoms with Gasteiger partial charge in [0, 0.05) is 10.6 Å². The van der Waals surface area contributed by atoms with E-state index in [2.05, 4.69) is 5.32 Å². The van der Waals surface area contributed by atoms with Crippen molar-refractivity contribution in [3.05, 3.63) is 96.1 Å². The number of ether oxygens (including phenoxy) is 1. The summed E-state index contributed by atoms with van der Waals surface area (Å²) in [5.41, 5.74) is 1.83. The predicted octanol–water partition coefficient (Wildman–Crippen LogP) is 4.96. The number of hydrogen-bond acceptors (Lipinski definition) is 5. The molecule has 0 saturated heterocycles. The van der Waals surface area contributed by atoms with E-state index in [4.69, 9.17) is 10.00 Å². The normalized spacial score (nSPS) is 12.3. The minimum absolute atomic E-state index is 0.440. The summed E-state index contributed by atoms with van der Waals surface area (Å²) in [6, 6.07) is 27.4. The third-order valence-corrected chi connectivity index (χ3v) is 5.50. The van der Waals surface area contributed by atoms with Gasteiger partial charge in [-0.05, 0) is 48.9 Å². The fourth-order valence-electron chi connectivity index (χ4n) is 2.68. The molecule has 150 valence electrons. The Bertz CT molecular complexity index is 1030. The molecule has 0 fully saturated rings. The van der Waals surface area contributed by atoms with Gasteiger partial charge in [-0.2, -0.15) is 5.26 Å². The van der Waals surface area contributed by atoms with Crippen molar-refractivity contribution in [2.75, 3.05) is 5.32 Å². The van der Waals surface area contributed by atoms with Crippen molar-refractivity contribution < 1.29 is 14.3 Å². The number of carbonyl (C=O) groups excluding carboxylic acids is 2. The summed E-state index contributed by atoms with van der Waals surface area (Å²) >= 11 is 1.37. The maximum absolute atomic E-state index is 12.9. The third-order valence-electron chi connectivity index (χ3n) is 4.26. The minimum Gasteiger partial charge on any atom is -0.451 e. The van der Waals surface area contributed by atoms with E-state index in [1.54, 1.807) is 24.3 Å². The first-order valence-corrected chi connectivity index (χ1v) is 10.2. The van der Waals surface area contributed by atoms with Crippen LogP contribution >= 0.6 is 11.8 Å². The molecule has 3 rings (SSSR count). The van der Waals surface area contributed by atoms with Crippen molar-refractivity contribution in [1.82, 2.24) is 0 Å². The van der Waals surface area contributed by atoms with Crippen molar-refractivity contribution in [2.45, 2.75) is 23.2 Å². The number of nitrogens with one attached hydrogen (secondary N) is 1. The van der Waals surface area contributed by atoms with Crippen LogP contribution in [0.4, 0.5) is 5.69 Å². The maximum Gasteiger partial charge on any atom is 0.324 e. The van der Waals surface area contributed by atoms with Crippen molar-refractivity contribution in [3.8, 4) is 6.07 Å². The molecule has 3 aromatic rings. The Labute approximate surface area is 179 Å². The molecule has 0 unspecified atom stereocenters. The summed E-state index contributed by atoms with van der Waals surface area (Å²) < 4.78 is 5.49. The van der Waals surface area contributed by atoms with Crippen molar-refractivity contribution in [3.63, 3.8) is 0 Å². The van der Waals surface area contributed by atoms with E-state index in [-0.39, 0.29) is 0 Å². The SMILES string of the molecule is C[C@H](OC(=O)[C@@H](Sc1ccccc1)c1ccccc1)C(=O)Nc1ccc(C#N)cc1. The minimum atomic E-state index is -0.976. The van der Waals surface area contributed by atoms with Crippen LogP contribution < -0.4 is 5.32 Å². The lowest BCUT2D eigenvalue weighted by atomic mass is 10.1. The summed E-state index contributed by atoms with van der Waals surface area (Å²) in [7, 11) is 0. The second kappa shape index (κ2) is 10.3. The zero-order valence-corrected chi connectivity index (χ0v) is 17.1. The molecule has 0 aliphatic heterocycles. The smallest absolute Gasteiger partial charge is 0.324 e. The highest BCUT2D eigenvalue weighted by Crippen LogP contribution is 2.36. The van der Waals surface area contributed by atoms with Crippen molar-refractivity contribution >= 4 is 29.3 Å². The summed E-state index contributed by atoms with van der Waals surface area (Å²) in [6.07, 6.45) is -0.976. The van der Waals surface area contributed by atoms with Crippen LogP contribution in [0.25, 0.3) is 0 Å². The monoisotopic (exact) mass is 416 g/mol. The number of thioether (sulfide) groups is 1. The highest BCUT2D eigenvalue weighted by Gasteiger charge is 2.27. The predicted molar refractivity (Wildman–Crippen MR) is 117 cm³/mol. The van der Waals surface area contributed by atoms with Gasteiger partial charge < -0.3 is 10.1 Å². The highest BCUT2D eigenvalue weighted by atomic mass is 32.2. The van der Waals surface area contributed by atoms with E-state index in [0.717, 1.165) is 10.5 Å². The van der Waals surface area contributed by atoms with E-state index in [1.165, 1.54) is 18.7 Å². The molecule has 2 atom stereocenters. The van der Waals surface area contributed by atoms with Crippen LogP contribution in [-0.4, -0.2) is 18.0 Å².